The van der Waals surface area contributed by atoms with Crippen molar-refractivity contribution in [3.05, 3.63) is 77.0 Å². The van der Waals surface area contributed by atoms with Crippen molar-refractivity contribution in [2.45, 2.75) is 52.1 Å². The van der Waals surface area contributed by atoms with E-state index in [-0.39, 0.29) is 17.5 Å². The Morgan fingerprint density at radius 2 is 1.64 bits per heavy atom. The summed E-state index contributed by atoms with van der Waals surface area (Å²) in [7, 11) is 0. The molecule has 4 rings (SSSR count). The summed E-state index contributed by atoms with van der Waals surface area (Å²) in [6.45, 7) is 10.6. The summed E-state index contributed by atoms with van der Waals surface area (Å²) in [6.07, 6.45) is 0. The van der Waals surface area contributed by atoms with E-state index in [0.717, 1.165) is 22.4 Å². The van der Waals surface area contributed by atoms with Crippen LogP contribution in [0, 0.1) is 0 Å². The molecule has 0 radical (unpaired) electrons. The minimum atomic E-state index is -0.313. The van der Waals surface area contributed by atoms with Crippen molar-refractivity contribution in [1.82, 2.24) is 15.1 Å². The van der Waals surface area contributed by atoms with Gasteiger partial charge in [0.15, 0.2) is 0 Å². The van der Waals surface area contributed by atoms with Gasteiger partial charge in [0.1, 0.15) is 5.69 Å². The normalized spacial score (nSPS) is 16.7. The number of carbonyl (C=O) groups is 1. The number of nitrogens with one attached hydrogen (secondary N) is 1. The summed E-state index contributed by atoms with van der Waals surface area (Å²) >= 11 is 0. The third kappa shape index (κ3) is 2.93. The number of hydrogen-bond acceptors (Lipinski definition) is 2. The maximum atomic E-state index is 13.3. The molecular weight excluding hydrogens is 346 g/mol. The number of amides is 1. The highest BCUT2D eigenvalue weighted by Crippen LogP contribution is 2.45. The van der Waals surface area contributed by atoms with Gasteiger partial charge < -0.3 is 4.90 Å². The molecule has 3 aromatic rings. The molecule has 2 heterocycles. The second-order valence-electron chi connectivity index (χ2n) is 8.80. The molecule has 0 bridgehead atoms. The third-order valence-electron chi connectivity index (χ3n) is 5.46. The van der Waals surface area contributed by atoms with Crippen molar-refractivity contribution in [3.8, 4) is 11.3 Å². The minimum Gasteiger partial charge on any atom is -0.321 e. The number of carbonyl (C=O) groups excluding carboxylic acids is 1. The van der Waals surface area contributed by atoms with Crippen LogP contribution in [0.5, 0.6) is 0 Å². The largest absolute Gasteiger partial charge is 0.321 e. The Kier molecular flexibility index (Phi) is 4.37. The van der Waals surface area contributed by atoms with Crippen LogP contribution >= 0.6 is 0 Å². The van der Waals surface area contributed by atoms with E-state index in [4.69, 9.17) is 0 Å². The SMILES string of the molecule is CC(C)c1ccc(C2c3c(-c4ccccc4)n[nH]c3C(=O)N2C(C)(C)C)cc1. The second-order valence-corrected chi connectivity index (χ2v) is 8.80. The van der Waals surface area contributed by atoms with Crippen LogP contribution in [0.4, 0.5) is 0 Å². The topological polar surface area (TPSA) is 49.0 Å². The molecule has 1 N–H and O–H groups in total. The molecule has 2 aromatic carbocycles. The van der Waals surface area contributed by atoms with Crippen molar-refractivity contribution >= 4 is 5.91 Å². The molecule has 1 aromatic heterocycles. The van der Waals surface area contributed by atoms with Crippen LogP contribution in [-0.4, -0.2) is 26.5 Å². The van der Waals surface area contributed by atoms with Gasteiger partial charge in [-0.25, -0.2) is 0 Å². The quantitative estimate of drug-likeness (QED) is 0.655. The maximum absolute atomic E-state index is 13.3. The molecular formula is C24H27N3O. The lowest BCUT2D eigenvalue weighted by molar-refractivity contribution is 0.0546. The van der Waals surface area contributed by atoms with Crippen molar-refractivity contribution in [2.24, 2.45) is 0 Å². The van der Waals surface area contributed by atoms with E-state index in [1.54, 1.807) is 0 Å². The van der Waals surface area contributed by atoms with Crippen LogP contribution in [0.15, 0.2) is 54.6 Å². The number of hydrogen-bond donors (Lipinski definition) is 1. The minimum absolute atomic E-state index is 0.00937. The molecule has 0 aliphatic carbocycles. The van der Waals surface area contributed by atoms with E-state index in [1.165, 1.54) is 5.56 Å². The number of aromatic nitrogens is 2. The van der Waals surface area contributed by atoms with E-state index in [9.17, 15) is 4.79 Å². The van der Waals surface area contributed by atoms with E-state index >= 15 is 0 Å². The van der Waals surface area contributed by atoms with Crippen molar-refractivity contribution in [1.29, 1.82) is 0 Å². The molecule has 1 amide bonds. The summed E-state index contributed by atoms with van der Waals surface area (Å²) in [5.41, 5.74) is 5.55. The molecule has 0 spiro atoms. The van der Waals surface area contributed by atoms with E-state index in [0.29, 0.717) is 11.6 Å². The monoisotopic (exact) mass is 373 g/mol. The Morgan fingerprint density at radius 1 is 1.00 bits per heavy atom. The van der Waals surface area contributed by atoms with Gasteiger partial charge >= 0.3 is 0 Å². The lowest BCUT2D eigenvalue weighted by Crippen LogP contribution is -2.44. The summed E-state index contributed by atoms with van der Waals surface area (Å²) in [4.78, 5) is 15.3. The first-order valence-corrected chi connectivity index (χ1v) is 9.86. The van der Waals surface area contributed by atoms with Crippen LogP contribution in [0.3, 0.4) is 0 Å². The lowest BCUT2D eigenvalue weighted by Gasteiger charge is -2.38. The van der Waals surface area contributed by atoms with Gasteiger partial charge in [0, 0.05) is 16.7 Å². The van der Waals surface area contributed by atoms with Gasteiger partial charge in [-0.05, 0) is 37.8 Å². The number of H-pyrrole nitrogens is 1. The van der Waals surface area contributed by atoms with E-state index < -0.39 is 0 Å². The fraction of sp³-hybridized carbons (Fsp3) is 0.333. The highest BCUT2D eigenvalue weighted by molar-refractivity contribution is 6.00. The highest BCUT2D eigenvalue weighted by Gasteiger charge is 2.46. The third-order valence-corrected chi connectivity index (χ3v) is 5.46. The summed E-state index contributed by atoms with van der Waals surface area (Å²) in [5, 5.41) is 7.55. The molecule has 0 saturated carbocycles. The first-order chi connectivity index (χ1) is 13.3. The molecule has 1 aliphatic heterocycles. The zero-order chi connectivity index (χ0) is 20.1. The average Bonchev–Trinajstić information content (AvgIpc) is 3.21. The molecule has 1 aliphatic rings. The van der Waals surface area contributed by atoms with Crippen molar-refractivity contribution < 1.29 is 4.79 Å². The molecule has 1 atom stereocenters. The highest BCUT2D eigenvalue weighted by atomic mass is 16.2. The number of fused-ring (bicyclic) bond motifs is 1. The van der Waals surface area contributed by atoms with Gasteiger partial charge in [0.25, 0.3) is 5.91 Å². The first-order valence-electron chi connectivity index (χ1n) is 9.86. The van der Waals surface area contributed by atoms with Gasteiger partial charge in [0.05, 0.1) is 11.7 Å². The first kappa shape index (κ1) is 18.5. The van der Waals surface area contributed by atoms with Gasteiger partial charge in [-0.1, -0.05) is 68.4 Å². The number of rotatable bonds is 3. The maximum Gasteiger partial charge on any atom is 0.273 e. The van der Waals surface area contributed by atoms with Gasteiger partial charge in [-0.15, -0.1) is 0 Å². The fourth-order valence-corrected chi connectivity index (χ4v) is 4.03. The van der Waals surface area contributed by atoms with Gasteiger partial charge in [-0.3, -0.25) is 9.89 Å². The number of benzene rings is 2. The van der Waals surface area contributed by atoms with Crippen molar-refractivity contribution in [2.75, 3.05) is 0 Å². The molecule has 1 unspecified atom stereocenters. The van der Waals surface area contributed by atoms with E-state index in [2.05, 4.69) is 69.1 Å². The molecule has 4 heteroatoms. The number of nitrogens with zero attached hydrogens (tertiary/aromatic N) is 2. The Hall–Kier alpha value is -2.88. The Balaban J connectivity index is 1.90. The molecule has 4 nitrogen and oxygen atoms in total. The second kappa shape index (κ2) is 6.62. The van der Waals surface area contributed by atoms with Crippen molar-refractivity contribution in [3.63, 3.8) is 0 Å². The predicted molar refractivity (Wildman–Crippen MR) is 112 cm³/mol. The molecule has 0 saturated heterocycles. The van der Waals surface area contributed by atoms with Gasteiger partial charge in [0.2, 0.25) is 0 Å². The lowest BCUT2D eigenvalue weighted by atomic mass is 9.92. The summed E-state index contributed by atoms with van der Waals surface area (Å²) in [5.74, 6) is 0.484. The zero-order valence-electron chi connectivity index (χ0n) is 17.2. The fourth-order valence-electron chi connectivity index (χ4n) is 4.03. The van der Waals surface area contributed by atoms with Crippen LogP contribution < -0.4 is 0 Å². The van der Waals surface area contributed by atoms with Gasteiger partial charge in [-0.2, -0.15) is 5.10 Å². The van der Waals surface area contributed by atoms with Crippen LogP contribution in [0.25, 0.3) is 11.3 Å². The Morgan fingerprint density at radius 3 is 2.21 bits per heavy atom. The Bertz CT molecular complexity index is 995. The predicted octanol–water partition coefficient (Wildman–Crippen LogP) is 5.54. The van der Waals surface area contributed by atoms with Crippen LogP contribution in [0.2, 0.25) is 0 Å². The average molecular weight is 374 g/mol. The molecule has 144 valence electrons. The molecule has 0 fully saturated rings. The van der Waals surface area contributed by atoms with Crippen LogP contribution in [0.1, 0.15) is 73.8 Å². The summed E-state index contributed by atoms with van der Waals surface area (Å²) in [6, 6.07) is 18.6. The van der Waals surface area contributed by atoms with E-state index in [1.807, 2.05) is 35.2 Å². The number of aromatic amines is 1. The van der Waals surface area contributed by atoms with Crippen LogP contribution in [-0.2, 0) is 0 Å². The molecule has 28 heavy (non-hydrogen) atoms. The summed E-state index contributed by atoms with van der Waals surface area (Å²) < 4.78 is 0. The Labute approximate surface area is 166 Å². The zero-order valence-corrected chi connectivity index (χ0v) is 17.2. The smallest absolute Gasteiger partial charge is 0.273 e. The standard InChI is InChI=1S/C24H27N3O/c1-15(2)16-11-13-18(14-12-16)22-19-20(17-9-7-6-8-10-17)25-26-21(19)23(28)27(22)24(3,4)5/h6-15,22H,1-5H3,(H,25,26).